The van der Waals surface area contributed by atoms with E-state index >= 15 is 0 Å². The minimum atomic E-state index is 0.0864. The van der Waals surface area contributed by atoms with Crippen LogP contribution in [0.2, 0.25) is 0 Å². The van der Waals surface area contributed by atoms with Crippen molar-refractivity contribution in [3.63, 3.8) is 0 Å². The summed E-state index contributed by atoms with van der Waals surface area (Å²) in [6.45, 7) is 4.03. The van der Waals surface area contributed by atoms with Crippen LogP contribution in [-0.4, -0.2) is 19.5 Å². The highest BCUT2D eigenvalue weighted by molar-refractivity contribution is 6.25. The van der Waals surface area contributed by atoms with Crippen LogP contribution in [0.5, 0.6) is 0 Å². The first-order valence-electron chi connectivity index (χ1n) is 9.80. The number of halogens is 1. The average molecular weight is 341 g/mol. The second-order valence-electron chi connectivity index (χ2n) is 7.98. The van der Waals surface area contributed by atoms with Crippen LogP contribution < -0.4 is 0 Å². The lowest BCUT2D eigenvalue weighted by molar-refractivity contribution is -0.230. The predicted octanol–water partition coefficient (Wildman–Crippen LogP) is 5.75. The molecule has 0 radical (unpaired) electrons. The molecule has 23 heavy (non-hydrogen) atoms. The number of rotatable bonds is 4. The zero-order chi connectivity index (χ0) is 16.1. The fraction of sp³-hybridized carbons (Fsp3) is 0.900. The van der Waals surface area contributed by atoms with Gasteiger partial charge >= 0.3 is 0 Å². The molecule has 2 nitrogen and oxygen atoms in total. The molecule has 0 amide bonds. The smallest absolute Gasteiger partial charge is 0.160 e. The molecular weight excluding hydrogens is 308 g/mol. The van der Waals surface area contributed by atoms with Crippen molar-refractivity contribution in [1.29, 1.82) is 0 Å². The topological polar surface area (TPSA) is 18.5 Å². The second-order valence-corrected chi connectivity index (χ2v) is 8.23. The Balaban J connectivity index is 1.39. The molecule has 1 saturated heterocycles. The van der Waals surface area contributed by atoms with Gasteiger partial charge in [0.2, 0.25) is 0 Å². The minimum absolute atomic E-state index is 0.0864. The van der Waals surface area contributed by atoms with Crippen molar-refractivity contribution in [2.24, 2.45) is 29.6 Å². The Bertz CT molecular complexity index is 360. The first-order valence-corrected chi connectivity index (χ1v) is 10.2. The Kier molecular flexibility index (Phi) is 6.85. The van der Waals surface area contributed by atoms with Crippen LogP contribution in [0.25, 0.3) is 0 Å². The van der Waals surface area contributed by atoms with E-state index in [0.29, 0.717) is 11.8 Å². The maximum atomic E-state index is 6.00. The lowest BCUT2D eigenvalue weighted by atomic mass is 9.69. The maximum Gasteiger partial charge on any atom is 0.160 e. The van der Waals surface area contributed by atoms with Gasteiger partial charge in [0.05, 0.1) is 13.2 Å². The van der Waals surface area contributed by atoms with Gasteiger partial charge in [-0.1, -0.05) is 24.6 Å². The molecule has 0 spiro atoms. The summed E-state index contributed by atoms with van der Waals surface area (Å²) in [7, 11) is 0. The fourth-order valence-corrected chi connectivity index (χ4v) is 5.07. The number of hydrogen-bond acceptors (Lipinski definition) is 2. The van der Waals surface area contributed by atoms with Crippen molar-refractivity contribution in [3.05, 3.63) is 11.6 Å². The van der Waals surface area contributed by atoms with E-state index in [1.165, 1.54) is 57.8 Å². The minimum Gasteiger partial charge on any atom is -0.352 e. The van der Waals surface area contributed by atoms with Crippen molar-refractivity contribution < 1.29 is 9.47 Å². The molecule has 0 atom stereocenters. The molecule has 2 aliphatic carbocycles. The average Bonchev–Trinajstić information content (AvgIpc) is 2.63. The molecule has 0 bridgehead atoms. The van der Waals surface area contributed by atoms with Crippen LogP contribution >= 0.6 is 11.6 Å². The van der Waals surface area contributed by atoms with Crippen LogP contribution in [-0.2, 0) is 9.47 Å². The standard InChI is InChI=1S/C20H33ClO2/c1-2-15-13-22-20(23-14-15)19-9-7-18(8-10-19)17-5-3-16(4-6-17)11-12-21/h11-12,15-20H,2-10,13-14H2,1H3. The summed E-state index contributed by atoms with van der Waals surface area (Å²) in [4.78, 5) is 0. The molecule has 3 heteroatoms. The van der Waals surface area contributed by atoms with E-state index in [1.54, 1.807) is 5.54 Å². The largest absolute Gasteiger partial charge is 0.352 e. The Morgan fingerprint density at radius 1 is 0.826 bits per heavy atom. The van der Waals surface area contributed by atoms with Gasteiger partial charge in [-0.25, -0.2) is 0 Å². The molecule has 1 heterocycles. The predicted molar refractivity (Wildman–Crippen MR) is 95.4 cm³/mol. The van der Waals surface area contributed by atoms with E-state index in [4.69, 9.17) is 21.1 Å². The summed E-state index contributed by atoms with van der Waals surface area (Å²) in [5, 5.41) is 0. The first-order chi connectivity index (χ1) is 11.3. The van der Waals surface area contributed by atoms with E-state index in [9.17, 15) is 0 Å². The molecule has 3 fully saturated rings. The van der Waals surface area contributed by atoms with Crippen molar-refractivity contribution in [3.8, 4) is 0 Å². The van der Waals surface area contributed by atoms with Crippen molar-refractivity contribution in [2.45, 2.75) is 71.0 Å². The van der Waals surface area contributed by atoms with Crippen molar-refractivity contribution >= 4 is 11.6 Å². The summed E-state index contributed by atoms with van der Waals surface area (Å²) in [5.74, 6) is 3.88. The summed E-state index contributed by atoms with van der Waals surface area (Å²) >= 11 is 5.72. The lowest BCUT2D eigenvalue weighted by Gasteiger charge is -2.40. The third-order valence-electron chi connectivity index (χ3n) is 6.60. The van der Waals surface area contributed by atoms with E-state index in [2.05, 4.69) is 13.0 Å². The monoisotopic (exact) mass is 340 g/mol. The SMILES string of the molecule is CCC1COC(C2CCC(C3CCC(C=CCl)CC3)CC2)OC1. The highest BCUT2D eigenvalue weighted by Gasteiger charge is 2.35. The van der Waals surface area contributed by atoms with E-state index in [1.807, 2.05) is 0 Å². The lowest BCUT2D eigenvalue weighted by Crippen LogP contribution is -2.39. The van der Waals surface area contributed by atoms with Crippen LogP contribution in [0, 0.1) is 29.6 Å². The molecule has 2 saturated carbocycles. The molecule has 132 valence electrons. The third kappa shape index (κ3) is 4.74. The van der Waals surface area contributed by atoms with Gasteiger partial charge in [-0.05, 0) is 75.5 Å². The maximum absolute atomic E-state index is 6.00. The molecule has 0 aromatic rings. The van der Waals surface area contributed by atoms with Crippen LogP contribution in [0.3, 0.4) is 0 Å². The van der Waals surface area contributed by atoms with E-state index < -0.39 is 0 Å². The molecule has 1 aliphatic heterocycles. The summed E-state index contributed by atoms with van der Waals surface area (Å²) in [6, 6.07) is 0. The molecular formula is C20H33ClO2. The van der Waals surface area contributed by atoms with Crippen molar-refractivity contribution in [1.82, 2.24) is 0 Å². The first kappa shape index (κ1) is 17.8. The second kappa shape index (κ2) is 8.87. The molecule has 0 aromatic heterocycles. The van der Waals surface area contributed by atoms with Crippen LogP contribution in [0.1, 0.15) is 64.7 Å². The third-order valence-corrected chi connectivity index (χ3v) is 6.74. The van der Waals surface area contributed by atoms with Gasteiger partial charge in [-0.2, -0.15) is 0 Å². The van der Waals surface area contributed by atoms with Gasteiger partial charge in [0.25, 0.3) is 0 Å². The normalized spacial score (nSPS) is 42.9. The zero-order valence-electron chi connectivity index (χ0n) is 14.6. The summed E-state index contributed by atoms with van der Waals surface area (Å²) in [6.07, 6.45) is 14.3. The van der Waals surface area contributed by atoms with Gasteiger partial charge in [-0.15, -0.1) is 0 Å². The molecule has 3 aliphatic rings. The fourth-order valence-electron chi connectivity index (χ4n) is 4.87. The van der Waals surface area contributed by atoms with E-state index in [0.717, 1.165) is 31.0 Å². The Morgan fingerprint density at radius 2 is 1.35 bits per heavy atom. The highest BCUT2D eigenvalue weighted by Crippen LogP contribution is 2.43. The Morgan fingerprint density at radius 3 is 1.87 bits per heavy atom. The Labute approximate surface area is 146 Å². The number of hydrogen-bond donors (Lipinski definition) is 0. The molecule has 0 unspecified atom stereocenters. The number of ether oxygens (including phenoxy) is 2. The van der Waals surface area contributed by atoms with Crippen molar-refractivity contribution in [2.75, 3.05) is 13.2 Å². The highest BCUT2D eigenvalue weighted by atomic mass is 35.5. The quantitative estimate of drug-likeness (QED) is 0.648. The van der Waals surface area contributed by atoms with Gasteiger partial charge in [0.1, 0.15) is 0 Å². The van der Waals surface area contributed by atoms with Crippen LogP contribution in [0.4, 0.5) is 0 Å². The molecule has 0 aromatic carbocycles. The zero-order valence-corrected chi connectivity index (χ0v) is 15.3. The summed E-state index contributed by atoms with van der Waals surface area (Å²) in [5.41, 5.74) is 1.71. The van der Waals surface area contributed by atoms with E-state index in [-0.39, 0.29) is 6.29 Å². The Hall–Kier alpha value is -0.0500. The molecule has 3 rings (SSSR count). The van der Waals surface area contributed by atoms with Gasteiger partial charge in [0.15, 0.2) is 6.29 Å². The molecule has 0 N–H and O–H groups in total. The summed E-state index contributed by atoms with van der Waals surface area (Å²) < 4.78 is 12.0. The van der Waals surface area contributed by atoms with Gasteiger partial charge in [-0.3, -0.25) is 0 Å². The van der Waals surface area contributed by atoms with Crippen LogP contribution in [0.15, 0.2) is 11.6 Å². The van der Waals surface area contributed by atoms with Gasteiger partial charge in [0, 0.05) is 17.4 Å². The van der Waals surface area contributed by atoms with Gasteiger partial charge < -0.3 is 9.47 Å². The number of allylic oxidation sites excluding steroid dienone is 1.